The number of hydrazine groups is 1. The Morgan fingerprint density at radius 1 is 1.17 bits per heavy atom. The number of methoxy groups -OCH3 is 3. The summed E-state index contributed by atoms with van der Waals surface area (Å²) in [7, 11) is 4.63. The van der Waals surface area contributed by atoms with E-state index >= 15 is 0 Å². The molecular weight excluding hydrogens is 466 g/mol. The number of ether oxygens (including phenoxy) is 5. The third-order valence-corrected chi connectivity index (χ3v) is 5.56. The molecule has 1 atom stereocenters. The van der Waals surface area contributed by atoms with Crippen molar-refractivity contribution >= 4 is 11.8 Å². The van der Waals surface area contributed by atoms with Crippen LogP contribution in [0.4, 0.5) is 0 Å². The second kappa shape index (κ2) is 12.8. The highest BCUT2D eigenvalue weighted by Gasteiger charge is 2.43. The maximum atomic E-state index is 13.2. The van der Waals surface area contributed by atoms with E-state index in [-0.39, 0.29) is 19.1 Å². The number of aliphatic hydroxyl groups excluding tert-OH is 1. The quantitative estimate of drug-likeness (QED) is 0.206. The number of hydrogen-bond donors (Lipinski definition) is 3. The molecule has 2 aromatic rings. The normalized spacial score (nSPS) is 16.5. The molecule has 1 heterocycles. The number of nitrogens with zero attached hydrogens (tertiary/aromatic N) is 1. The number of aliphatic imine (C=N–C) groups is 1. The highest BCUT2D eigenvalue weighted by atomic mass is 16.5. The minimum atomic E-state index is -1.14. The summed E-state index contributed by atoms with van der Waals surface area (Å²) in [6.07, 6.45) is 2.51. The summed E-state index contributed by atoms with van der Waals surface area (Å²) in [6, 6.07) is 10.8. The number of carbonyl (C=O) groups excluding carboxylic acids is 1. The number of benzene rings is 2. The monoisotopic (exact) mass is 499 g/mol. The zero-order chi connectivity index (χ0) is 26.0. The molecule has 0 aliphatic carbocycles. The Kier molecular flexibility index (Phi) is 9.54. The van der Waals surface area contributed by atoms with Crippen molar-refractivity contribution in [3.8, 4) is 23.0 Å². The molecule has 0 saturated carbocycles. The first-order valence-electron chi connectivity index (χ1n) is 11.5. The molecule has 0 spiro atoms. The Bertz CT molecular complexity index is 1050. The molecule has 0 unspecified atom stereocenters. The van der Waals surface area contributed by atoms with Crippen LogP contribution >= 0.6 is 0 Å². The first kappa shape index (κ1) is 26.8. The van der Waals surface area contributed by atoms with Gasteiger partial charge in [-0.1, -0.05) is 6.08 Å². The van der Waals surface area contributed by atoms with Crippen LogP contribution < -0.4 is 29.8 Å². The molecule has 0 aromatic heterocycles. The van der Waals surface area contributed by atoms with Gasteiger partial charge in [-0.2, -0.15) is 0 Å². The van der Waals surface area contributed by atoms with Crippen LogP contribution in [0.15, 0.2) is 54.0 Å². The fourth-order valence-corrected chi connectivity index (χ4v) is 3.68. The standard InChI is InChI=1S/C26H33N3O7/c1-5-11-26(17-36-24(28-26)19-7-9-20(10-8-19)35-13-6-12-30)25(31)29-27-16-18-14-21(32-2)23(34-4)22(15-18)33-3/h5,7-10,14-15,27,30H,1,6,11-13,16-17H2,2-4H3,(H,29,31)/t26-/m0/s1. The third kappa shape index (κ3) is 6.27. The van der Waals surface area contributed by atoms with E-state index in [1.165, 1.54) is 7.11 Å². The van der Waals surface area contributed by atoms with Crippen LogP contribution in [0, 0.1) is 0 Å². The maximum absolute atomic E-state index is 13.2. The van der Waals surface area contributed by atoms with Crippen molar-refractivity contribution in [1.82, 2.24) is 10.9 Å². The molecule has 1 amide bonds. The van der Waals surface area contributed by atoms with Gasteiger partial charge in [0.05, 0.1) is 27.9 Å². The van der Waals surface area contributed by atoms with Crippen LogP contribution in [0.2, 0.25) is 0 Å². The van der Waals surface area contributed by atoms with Crippen molar-refractivity contribution in [3.63, 3.8) is 0 Å². The molecule has 36 heavy (non-hydrogen) atoms. The lowest BCUT2D eigenvalue weighted by molar-refractivity contribution is -0.127. The van der Waals surface area contributed by atoms with Crippen molar-refractivity contribution in [2.45, 2.75) is 24.9 Å². The summed E-state index contributed by atoms with van der Waals surface area (Å²) in [5, 5.41) is 8.87. The van der Waals surface area contributed by atoms with Crippen LogP contribution in [-0.2, 0) is 16.1 Å². The Hall–Kier alpha value is -3.76. The van der Waals surface area contributed by atoms with Gasteiger partial charge < -0.3 is 28.8 Å². The van der Waals surface area contributed by atoms with E-state index in [0.29, 0.717) is 54.9 Å². The summed E-state index contributed by atoms with van der Waals surface area (Å²) in [4.78, 5) is 17.8. The van der Waals surface area contributed by atoms with Crippen LogP contribution in [-0.4, -0.2) is 63.6 Å². The van der Waals surface area contributed by atoms with Gasteiger partial charge in [-0.05, 0) is 42.0 Å². The van der Waals surface area contributed by atoms with Crippen molar-refractivity contribution in [2.75, 3.05) is 41.2 Å². The van der Waals surface area contributed by atoms with Gasteiger partial charge >= 0.3 is 0 Å². The van der Waals surface area contributed by atoms with Crippen molar-refractivity contribution in [2.24, 2.45) is 4.99 Å². The fourth-order valence-electron chi connectivity index (χ4n) is 3.68. The molecule has 0 bridgehead atoms. The number of aliphatic hydroxyl groups is 1. The van der Waals surface area contributed by atoms with E-state index in [1.54, 1.807) is 44.6 Å². The summed E-state index contributed by atoms with van der Waals surface area (Å²) >= 11 is 0. The van der Waals surface area contributed by atoms with Crippen molar-refractivity contribution < 1.29 is 33.6 Å². The summed E-state index contributed by atoms with van der Waals surface area (Å²) in [5.41, 5.74) is 6.08. The Balaban J connectivity index is 1.67. The summed E-state index contributed by atoms with van der Waals surface area (Å²) < 4.78 is 27.5. The van der Waals surface area contributed by atoms with E-state index in [2.05, 4.69) is 22.4 Å². The number of rotatable bonds is 14. The maximum Gasteiger partial charge on any atom is 0.266 e. The zero-order valence-electron chi connectivity index (χ0n) is 20.8. The third-order valence-electron chi connectivity index (χ3n) is 5.56. The van der Waals surface area contributed by atoms with Crippen molar-refractivity contribution in [1.29, 1.82) is 0 Å². The lowest BCUT2D eigenvalue weighted by Gasteiger charge is -2.22. The highest BCUT2D eigenvalue weighted by Crippen LogP contribution is 2.38. The van der Waals surface area contributed by atoms with Gasteiger partial charge in [-0.15, -0.1) is 6.58 Å². The van der Waals surface area contributed by atoms with Crippen molar-refractivity contribution in [3.05, 3.63) is 60.2 Å². The number of carbonyl (C=O) groups is 1. The second-order valence-electron chi connectivity index (χ2n) is 8.02. The van der Waals surface area contributed by atoms with Gasteiger partial charge in [0.2, 0.25) is 11.6 Å². The average Bonchev–Trinajstić information content (AvgIpc) is 3.34. The first-order valence-corrected chi connectivity index (χ1v) is 11.5. The molecular formula is C26H33N3O7. The SMILES string of the molecule is C=CC[C@@]1(C(=O)NNCc2cc(OC)c(OC)c(OC)c2)COC(c2ccc(OCCCO)cc2)=N1. The van der Waals surface area contributed by atoms with Gasteiger partial charge in [0.15, 0.2) is 17.0 Å². The molecule has 1 aliphatic rings. The Labute approximate surface area is 210 Å². The van der Waals surface area contributed by atoms with Crippen LogP contribution in [0.5, 0.6) is 23.0 Å². The summed E-state index contributed by atoms with van der Waals surface area (Å²) in [6.45, 7) is 4.68. The molecule has 10 nitrogen and oxygen atoms in total. The molecule has 3 rings (SSSR count). The molecule has 10 heteroatoms. The van der Waals surface area contributed by atoms with E-state index in [4.69, 9.17) is 28.8 Å². The number of hydrogen-bond acceptors (Lipinski definition) is 9. The Morgan fingerprint density at radius 2 is 1.86 bits per heavy atom. The first-order chi connectivity index (χ1) is 17.5. The lowest BCUT2D eigenvalue weighted by atomic mass is 9.97. The fraction of sp³-hybridized carbons (Fsp3) is 0.385. The van der Waals surface area contributed by atoms with Crippen LogP contribution in [0.25, 0.3) is 0 Å². The largest absolute Gasteiger partial charge is 0.494 e. The molecule has 2 aromatic carbocycles. The van der Waals surface area contributed by atoms with Gasteiger partial charge in [-0.3, -0.25) is 10.2 Å². The molecule has 1 aliphatic heterocycles. The molecule has 0 fully saturated rings. The lowest BCUT2D eigenvalue weighted by Crippen LogP contribution is -2.51. The van der Waals surface area contributed by atoms with Gasteiger partial charge in [-0.25, -0.2) is 10.4 Å². The zero-order valence-corrected chi connectivity index (χ0v) is 20.8. The van der Waals surface area contributed by atoms with Crippen LogP contribution in [0.3, 0.4) is 0 Å². The van der Waals surface area contributed by atoms with E-state index in [0.717, 1.165) is 11.1 Å². The van der Waals surface area contributed by atoms with Gasteiger partial charge in [0.25, 0.3) is 5.91 Å². The van der Waals surface area contributed by atoms with E-state index in [1.807, 2.05) is 12.1 Å². The van der Waals surface area contributed by atoms with E-state index < -0.39 is 5.54 Å². The topological polar surface area (TPSA) is 120 Å². The highest BCUT2D eigenvalue weighted by molar-refractivity contribution is 6.00. The smallest absolute Gasteiger partial charge is 0.266 e. The Morgan fingerprint density at radius 3 is 2.44 bits per heavy atom. The predicted molar refractivity (Wildman–Crippen MR) is 135 cm³/mol. The second-order valence-corrected chi connectivity index (χ2v) is 8.02. The molecule has 0 radical (unpaired) electrons. The van der Waals surface area contributed by atoms with Crippen LogP contribution in [0.1, 0.15) is 24.0 Å². The molecule has 194 valence electrons. The van der Waals surface area contributed by atoms with Gasteiger partial charge in [0, 0.05) is 31.6 Å². The number of nitrogens with one attached hydrogen (secondary N) is 2. The van der Waals surface area contributed by atoms with E-state index in [9.17, 15) is 4.79 Å². The molecule has 3 N–H and O–H groups in total. The molecule has 0 saturated heterocycles. The summed E-state index contributed by atoms with van der Waals surface area (Å²) in [5.74, 6) is 2.24. The predicted octanol–water partition coefficient (Wildman–Crippen LogP) is 2.39. The number of amides is 1. The average molecular weight is 500 g/mol. The minimum absolute atomic E-state index is 0.0769. The minimum Gasteiger partial charge on any atom is -0.494 e. The van der Waals surface area contributed by atoms with Gasteiger partial charge in [0.1, 0.15) is 12.4 Å².